The van der Waals surface area contributed by atoms with Crippen LogP contribution >= 0.6 is 11.6 Å². The van der Waals surface area contributed by atoms with Crippen molar-refractivity contribution in [3.8, 4) is 0 Å². The fraction of sp³-hybridized carbons (Fsp3) is 0.364. The second kappa shape index (κ2) is 7.78. The highest BCUT2D eigenvalue weighted by Crippen LogP contribution is 2.52. The number of rotatable bonds is 4. The van der Waals surface area contributed by atoms with E-state index in [1.54, 1.807) is 4.90 Å². The largest absolute Gasteiger partial charge is 0.468 e. The van der Waals surface area contributed by atoms with E-state index in [4.69, 9.17) is 22.1 Å². The van der Waals surface area contributed by atoms with E-state index < -0.39 is 17.4 Å². The second-order valence-corrected chi connectivity index (χ2v) is 7.88. The van der Waals surface area contributed by atoms with E-state index in [0.717, 1.165) is 22.5 Å². The van der Waals surface area contributed by atoms with Gasteiger partial charge in [0, 0.05) is 18.9 Å². The smallest absolute Gasteiger partial charge is 0.322 e. The summed E-state index contributed by atoms with van der Waals surface area (Å²) in [7, 11) is 1.32. The quantitative estimate of drug-likeness (QED) is 0.777. The number of methoxy groups -OCH3 is 1. The number of carbonyl (C=O) groups excluding carboxylic acids is 2. The molecular formula is C22H23ClN2O4. The monoisotopic (exact) mass is 414 g/mol. The lowest BCUT2D eigenvalue weighted by molar-refractivity contribution is -0.142. The predicted octanol–water partition coefficient (Wildman–Crippen LogP) is 3.11. The SMILES string of the molecule is COC(=O)[C@@H](N)Cc1ccc(N2C(=O)C3(CCOCC3)c3cccc(Cl)c32)cc1. The minimum absolute atomic E-state index is 0.0305. The van der Waals surface area contributed by atoms with Crippen LogP contribution in [0.2, 0.25) is 5.02 Å². The Labute approximate surface area is 174 Å². The topological polar surface area (TPSA) is 81.9 Å². The first-order valence-corrected chi connectivity index (χ1v) is 9.99. The van der Waals surface area contributed by atoms with Crippen LogP contribution in [0.3, 0.4) is 0 Å². The van der Waals surface area contributed by atoms with E-state index in [-0.39, 0.29) is 5.91 Å². The van der Waals surface area contributed by atoms with Gasteiger partial charge >= 0.3 is 5.97 Å². The third-order valence-electron chi connectivity index (χ3n) is 5.84. The van der Waals surface area contributed by atoms with Gasteiger partial charge in [-0.2, -0.15) is 0 Å². The number of ether oxygens (including phenoxy) is 2. The van der Waals surface area contributed by atoms with Gasteiger partial charge in [0.15, 0.2) is 0 Å². The summed E-state index contributed by atoms with van der Waals surface area (Å²) in [5.74, 6) is -0.422. The molecule has 1 atom stereocenters. The second-order valence-electron chi connectivity index (χ2n) is 7.47. The molecular weight excluding hydrogens is 392 g/mol. The summed E-state index contributed by atoms with van der Waals surface area (Å²) in [5, 5.41) is 0.552. The Morgan fingerprint density at radius 2 is 1.93 bits per heavy atom. The van der Waals surface area contributed by atoms with Gasteiger partial charge in [-0.05, 0) is 48.6 Å². The molecule has 0 bridgehead atoms. The molecule has 1 saturated heterocycles. The van der Waals surface area contributed by atoms with Crippen LogP contribution in [-0.2, 0) is 30.9 Å². The zero-order valence-corrected chi connectivity index (χ0v) is 16.9. The number of anilines is 2. The van der Waals surface area contributed by atoms with Crippen molar-refractivity contribution in [1.82, 2.24) is 0 Å². The molecule has 29 heavy (non-hydrogen) atoms. The maximum absolute atomic E-state index is 13.6. The fourth-order valence-corrected chi connectivity index (χ4v) is 4.54. The van der Waals surface area contributed by atoms with Crippen LogP contribution in [0.15, 0.2) is 42.5 Å². The molecule has 0 saturated carbocycles. The summed E-state index contributed by atoms with van der Waals surface area (Å²) in [5.41, 5.74) is 8.60. The van der Waals surface area contributed by atoms with Crippen molar-refractivity contribution >= 4 is 34.9 Å². The number of nitrogens with two attached hydrogens (primary N) is 1. The first-order valence-electron chi connectivity index (χ1n) is 9.61. The minimum Gasteiger partial charge on any atom is -0.468 e. The van der Waals surface area contributed by atoms with E-state index in [2.05, 4.69) is 4.74 Å². The number of esters is 1. The van der Waals surface area contributed by atoms with E-state index >= 15 is 0 Å². The summed E-state index contributed by atoms with van der Waals surface area (Å²) in [6.07, 6.45) is 1.64. The van der Waals surface area contributed by atoms with Crippen molar-refractivity contribution in [3.63, 3.8) is 0 Å². The van der Waals surface area contributed by atoms with Gasteiger partial charge in [-0.15, -0.1) is 0 Å². The third kappa shape index (κ3) is 3.31. The van der Waals surface area contributed by atoms with Crippen molar-refractivity contribution in [3.05, 3.63) is 58.6 Å². The molecule has 152 valence electrons. The van der Waals surface area contributed by atoms with Crippen LogP contribution in [0.25, 0.3) is 0 Å². The van der Waals surface area contributed by atoms with Gasteiger partial charge in [0.05, 0.1) is 23.2 Å². The van der Waals surface area contributed by atoms with E-state index in [0.29, 0.717) is 37.5 Å². The number of nitrogens with zero attached hydrogens (tertiary/aromatic N) is 1. The first-order chi connectivity index (χ1) is 14.0. The Balaban J connectivity index is 1.68. The highest BCUT2D eigenvalue weighted by Gasteiger charge is 2.52. The summed E-state index contributed by atoms with van der Waals surface area (Å²) >= 11 is 6.54. The van der Waals surface area contributed by atoms with E-state index in [9.17, 15) is 9.59 Å². The zero-order chi connectivity index (χ0) is 20.6. The zero-order valence-electron chi connectivity index (χ0n) is 16.2. The molecule has 1 amide bonds. The van der Waals surface area contributed by atoms with Gasteiger partial charge in [-0.25, -0.2) is 0 Å². The Morgan fingerprint density at radius 1 is 1.24 bits per heavy atom. The Morgan fingerprint density at radius 3 is 2.59 bits per heavy atom. The molecule has 4 rings (SSSR count). The van der Waals surface area contributed by atoms with E-state index in [1.807, 2.05) is 42.5 Å². The standard InChI is InChI=1S/C22H23ClN2O4/c1-28-20(26)18(24)13-14-5-7-15(8-6-14)25-19-16(3-2-4-17(19)23)22(21(25)27)9-11-29-12-10-22/h2-8,18H,9-13,24H2,1H3/t18-/m0/s1. The number of benzene rings is 2. The van der Waals surface area contributed by atoms with E-state index in [1.165, 1.54) is 7.11 Å². The van der Waals surface area contributed by atoms with Crippen LogP contribution in [0, 0.1) is 0 Å². The van der Waals surface area contributed by atoms with Gasteiger partial charge in [0.1, 0.15) is 6.04 Å². The molecule has 2 aromatic rings. The molecule has 1 fully saturated rings. The number of hydrogen-bond acceptors (Lipinski definition) is 5. The third-order valence-corrected chi connectivity index (χ3v) is 6.14. The summed E-state index contributed by atoms with van der Waals surface area (Å²) in [4.78, 5) is 26.9. The molecule has 0 radical (unpaired) electrons. The van der Waals surface area contributed by atoms with Gasteiger partial charge < -0.3 is 15.2 Å². The molecule has 0 aromatic heterocycles. The highest BCUT2D eigenvalue weighted by molar-refractivity contribution is 6.35. The Hall–Kier alpha value is -2.41. The molecule has 2 aromatic carbocycles. The number of fused-ring (bicyclic) bond motifs is 2. The van der Waals surface area contributed by atoms with Crippen molar-refractivity contribution in [2.24, 2.45) is 5.73 Å². The van der Waals surface area contributed by atoms with Crippen LogP contribution < -0.4 is 10.6 Å². The minimum atomic E-state index is -0.722. The molecule has 2 N–H and O–H groups in total. The molecule has 0 unspecified atom stereocenters. The number of carbonyl (C=O) groups is 2. The molecule has 1 spiro atoms. The van der Waals surface area contributed by atoms with Crippen LogP contribution in [-0.4, -0.2) is 38.2 Å². The van der Waals surface area contributed by atoms with Crippen molar-refractivity contribution in [2.75, 3.05) is 25.2 Å². The lowest BCUT2D eigenvalue weighted by Crippen LogP contribution is -2.42. The van der Waals surface area contributed by atoms with Crippen molar-refractivity contribution in [1.29, 1.82) is 0 Å². The maximum atomic E-state index is 13.6. The number of halogens is 1. The molecule has 2 heterocycles. The Bertz CT molecular complexity index is 938. The van der Waals surface area contributed by atoms with Gasteiger partial charge in [-0.1, -0.05) is 35.9 Å². The first kappa shape index (κ1) is 19.9. The summed E-state index contributed by atoms with van der Waals surface area (Å²) < 4.78 is 10.2. The average Bonchev–Trinajstić information content (AvgIpc) is 2.98. The molecule has 7 heteroatoms. The van der Waals surface area contributed by atoms with Gasteiger partial charge in [-0.3, -0.25) is 14.5 Å². The predicted molar refractivity (Wildman–Crippen MR) is 110 cm³/mol. The van der Waals surface area contributed by atoms with Crippen LogP contribution in [0.4, 0.5) is 11.4 Å². The fourth-order valence-electron chi connectivity index (χ4n) is 4.28. The maximum Gasteiger partial charge on any atom is 0.322 e. The molecule has 6 nitrogen and oxygen atoms in total. The number of hydrogen-bond donors (Lipinski definition) is 1. The number of para-hydroxylation sites is 1. The number of amides is 1. The summed E-state index contributed by atoms with van der Waals surface area (Å²) in [6.45, 7) is 1.10. The van der Waals surface area contributed by atoms with Crippen molar-refractivity contribution in [2.45, 2.75) is 30.7 Å². The van der Waals surface area contributed by atoms with Gasteiger partial charge in [0.2, 0.25) is 5.91 Å². The lowest BCUT2D eigenvalue weighted by Gasteiger charge is -2.32. The molecule has 2 aliphatic rings. The van der Waals surface area contributed by atoms with Crippen LogP contribution in [0.1, 0.15) is 24.0 Å². The van der Waals surface area contributed by atoms with Crippen LogP contribution in [0.5, 0.6) is 0 Å². The summed E-state index contributed by atoms with van der Waals surface area (Å²) in [6, 6.07) is 12.4. The normalized spacial score (nSPS) is 18.6. The lowest BCUT2D eigenvalue weighted by atomic mass is 9.75. The average molecular weight is 415 g/mol. The Kier molecular flexibility index (Phi) is 5.34. The molecule has 0 aliphatic carbocycles. The highest BCUT2D eigenvalue weighted by atomic mass is 35.5. The van der Waals surface area contributed by atoms with Gasteiger partial charge in [0.25, 0.3) is 0 Å². The van der Waals surface area contributed by atoms with Crippen molar-refractivity contribution < 1.29 is 19.1 Å². The molecule has 2 aliphatic heterocycles.